The van der Waals surface area contributed by atoms with Gasteiger partial charge in [0.15, 0.2) is 17.2 Å². The summed E-state index contributed by atoms with van der Waals surface area (Å²) in [6, 6.07) is 6.56. The number of nitrogens with zero attached hydrogens (tertiary/aromatic N) is 3. The molecule has 0 amide bonds. The zero-order chi connectivity index (χ0) is 13.6. The number of rotatable bonds is 1. The SMILES string of the molecule is Oc1cc(O)c(-n2nc3ccc(O)cc3n2)c(O)c1. The highest BCUT2D eigenvalue weighted by atomic mass is 16.3. The lowest BCUT2D eigenvalue weighted by atomic mass is 10.2. The molecule has 0 fully saturated rings. The summed E-state index contributed by atoms with van der Waals surface area (Å²) in [6.07, 6.45) is 0. The van der Waals surface area contributed by atoms with Gasteiger partial charge in [-0.3, -0.25) is 0 Å². The maximum absolute atomic E-state index is 9.74. The monoisotopic (exact) mass is 259 g/mol. The smallest absolute Gasteiger partial charge is 0.169 e. The average molecular weight is 259 g/mol. The van der Waals surface area contributed by atoms with Gasteiger partial charge in [0.2, 0.25) is 0 Å². The summed E-state index contributed by atoms with van der Waals surface area (Å²) in [6.45, 7) is 0. The lowest BCUT2D eigenvalue weighted by Gasteiger charge is -2.05. The van der Waals surface area contributed by atoms with Crippen molar-refractivity contribution in [3.8, 4) is 28.7 Å². The molecule has 0 aliphatic rings. The van der Waals surface area contributed by atoms with Crippen LogP contribution in [0.15, 0.2) is 30.3 Å². The van der Waals surface area contributed by atoms with Crippen LogP contribution in [0.3, 0.4) is 0 Å². The van der Waals surface area contributed by atoms with E-state index in [2.05, 4.69) is 10.2 Å². The van der Waals surface area contributed by atoms with E-state index in [-0.39, 0.29) is 28.7 Å². The molecule has 0 bridgehead atoms. The first-order valence-corrected chi connectivity index (χ1v) is 5.36. The van der Waals surface area contributed by atoms with Gasteiger partial charge in [-0.2, -0.15) is 0 Å². The molecule has 0 spiro atoms. The van der Waals surface area contributed by atoms with Gasteiger partial charge < -0.3 is 20.4 Å². The number of aromatic hydroxyl groups is 4. The summed E-state index contributed by atoms with van der Waals surface area (Å²) in [5.74, 6) is -0.948. The first-order valence-electron chi connectivity index (χ1n) is 5.36. The Kier molecular flexibility index (Phi) is 2.21. The first kappa shape index (κ1) is 11.1. The molecule has 4 N–H and O–H groups in total. The molecular weight excluding hydrogens is 250 g/mol. The van der Waals surface area contributed by atoms with Crippen LogP contribution in [0.25, 0.3) is 16.7 Å². The number of fused-ring (bicyclic) bond motifs is 1. The van der Waals surface area contributed by atoms with Crippen LogP contribution in [0.2, 0.25) is 0 Å². The molecule has 96 valence electrons. The van der Waals surface area contributed by atoms with Crippen molar-refractivity contribution < 1.29 is 20.4 Å². The lowest BCUT2D eigenvalue weighted by Crippen LogP contribution is -1.99. The Labute approximate surface area is 106 Å². The van der Waals surface area contributed by atoms with Gasteiger partial charge in [0.25, 0.3) is 0 Å². The van der Waals surface area contributed by atoms with Crippen LogP contribution >= 0.6 is 0 Å². The molecule has 19 heavy (non-hydrogen) atoms. The molecule has 3 rings (SSSR count). The lowest BCUT2D eigenvalue weighted by molar-refractivity contribution is 0.420. The molecule has 3 aromatic rings. The largest absolute Gasteiger partial charge is 0.508 e. The molecule has 2 aromatic carbocycles. The molecule has 0 saturated carbocycles. The van der Waals surface area contributed by atoms with Crippen LogP contribution < -0.4 is 0 Å². The third kappa shape index (κ3) is 1.77. The van der Waals surface area contributed by atoms with Crippen molar-refractivity contribution in [2.45, 2.75) is 0 Å². The fourth-order valence-corrected chi connectivity index (χ4v) is 1.80. The summed E-state index contributed by atoms with van der Waals surface area (Å²) < 4.78 is 0. The van der Waals surface area contributed by atoms with Gasteiger partial charge in [-0.15, -0.1) is 15.0 Å². The third-order valence-electron chi connectivity index (χ3n) is 2.62. The van der Waals surface area contributed by atoms with Crippen molar-refractivity contribution in [3.63, 3.8) is 0 Å². The van der Waals surface area contributed by atoms with Gasteiger partial charge in [0.05, 0.1) is 0 Å². The van der Waals surface area contributed by atoms with Crippen LogP contribution in [-0.2, 0) is 0 Å². The van der Waals surface area contributed by atoms with Crippen molar-refractivity contribution in [2.24, 2.45) is 0 Å². The van der Waals surface area contributed by atoms with Crippen LogP contribution in [0, 0.1) is 0 Å². The second-order valence-corrected chi connectivity index (χ2v) is 4.00. The number of hydrogen-bond donors (Lipinski definition) is 4. The summed E-state index contributed by atoms with van der Waals surface area (Å²) in [5.41, 5.74) is 0.852. The molecule has 0 atom stereocenters. The molecule has 1 heterocycles. The van der Waals surface area contributed by atoms with Gasteiger partial charge in [-0.25, -0.2) is 0 Å². The van der Waals surface area contributed by atoms with E-state index in [1.54, 1.807) is 6.07 Å². The topological polar surface area (TPSA) is 112 Å². The Morgan fingerprint density at radius 1 is 0.737 bits per heavy atom. The number of phenols is 4. The predicted molar refractivity (Wildman–Crippen MR) is 65.5 cm³/mol. The second-order valence-electron chi connectivity index (χ2n) is 4.00. The van der Waals surface area contributed by atoms with E-state index in [1.807, 2.05) is 0 Å². The summed E-state index contributed by atoms with van der Waals surface area (Å²) in [5, 5.41) is 46.2. The highest BCUT2D eigenvalue weighted by Crippen LogP contribution is 2.34. The summed E-state index contributed by atoms with van der Waals surface area (Å²) >= 11 is 0. The molecule has 7 heteroatoms. The van der Waals surface area contributed by atoms with Gasteiger partial charge in [0.1, 0.15) is 22.5 Å². The molecule has 0 saturated heterocycles. The minimum atomic E-state index is -0.359. The fraction of sp³-hybridized carbons (Fsp3) is 0. The van der Waals surface area contributed by atoms with E-state index in [0.717, 1.165) is 16.9 Å². The molecule has 0 radical (unpaired) electrons. The van der Waals surface area contributed by atoms with E-state index >= 15 is 0 Å². The fourth-order valence-electron chi connectivity index (χ4n) is 1.80. The van der Waals surface area contributed by atoms with Crippen molar-refractivity contribution >= 4 is 11.0 Å². The molecule has 1 aromatic heterocycles. The molecule has 0 aliphatic carbocycles. The quantitative estimate of drug-likeness (QED) is 0.523. The third-order valence-corrected chi connectivity index (χ3v) is 2.62. The van der Waals surface area contributed by atoms with Crippen LogP contribution in [0.1, 0.15) is 0 Å². The second kappa shape index (κ2) is 3.77. The standard InChI is InChI=1S/C12H9N3O4/c16-6-1-2-8-9(3-6)14-15(13-8)12-10(18)4-7(17)5-11(12)19/h1-5,16-19H. The normalized spacial score (nSPS) is 10.9. The Morgan fingerprint density at radius 3 is 2.05 bits per heavy atom. The van der Waals surface area contributed by atoms with Crippen molar-refractivity contribution in [1.82, 2.24) is 15.0 Å². The summed E-state index contributed by atoms with van der Waals surface area (Å²) in [4.78, 5) is 1.04. The maximum atomic E-state index is 9.74. The molecule has 0 unspecified atom stereocenters. The minimum Gasteiger partial charge on any atom is -0.508 e. The maximum Gasteiger partial charge on any atom is 0.169 e. The van der Waals surface area contributed by atoms with Crippen molar-refractivity contribution in [2.75, 3.05) is 0 Å². The van der Waals surface area contributed by atoms with E-state index < -0.39 is 0 Å². The zero-order valence-electron chi connectivity index (χ0n) is 9.52. The van der Waals surface area contributed by atoms with Crippen LogP contribution in [-0.4, -0.2) is 35.4 Å². The van der Waals surface area contributed by atoms with Gasteiger partial charge in [-0.1, -0.05) is 0 Å². The van der Waals surface area contributed by atoms with E-state index in [9.17, 15) is 20.4 Å². The van der Waals surface area contributed by atoms with Crippen LogP contribution in [0.4, 0.5) is 0 Å². The zero-order valence-corrected chi connectivity index (χ0v) is 9.52. The highest BCUT2D eigenvalue weighted by Gasteiger charge is 2.15. The molecular formula is C12H9N3O4. The predicted octanol–water partition coefficient (Wildman–Crippen LogP) is 1.24. The number of phenolic OH excluding ortho intramolecular Hbond substituents is 4. The van der Waals surface area contributed by atoms with Crippen LogP contribution in [0.5, 0.6) is 23.0 Å². The molecule has 7 nitrogen and oxygen atoms in total. The highest BCUT2D eigenvalue weighted by molar-refractivity contribution is 5.76. The van der Waals surface area contributed by atoms with E-state index in [1.165, 1.54) is 12.1 Å². The Bertz CT molecular complexity index is 759. The Balaban J connectivity index is 2.24. The molecule has 0 aliphatic heterocycles. The Morgan fingerprint density at radius 2 is 1.37 bits per heavy atom. The van der Waals surface area contributed by atoms with E-state index in [4.69, 9.17) is 0 Å². The number of aromatic nitrogens is 3. The Hall–Kier alpha value is -2.96. The van der Waals surface area contributed by atoms with Crippen molar-refractivity contribution in [1.29, 1.82) is 0 Å². The average Bonchev–Trinajstić information content (AvgIpc) is 2.69. The van der Waals surface area contributed by atoms with Gasteiger partial charge in [-0.05, 0) is 12.1 Å². The first-order chi connectivity index (χ1) is 9.04. The van der Waals surface area contributed by atoms with Gasteiger partial charge >= 0.3 is 0 Å². The van der Waals surface area contributed by atoms with Gasteiger partial charge in [0, 0.05) is 18.2 Å². The van der Waals surface area contributed by atoms with E-state index in [0.29, 0.717) is 11.0 Å². The minimum absolute atomic E-state index is 0.0405. The number of hydrogen-bond acceptors (Lipinski definition) is 6. The summed E-state index contributed by atoms with van der Waals surface area (Å²) in [7, 11) is 0. The number of benzene rings is 2. The van der Waals surface area contributed by atoms with Crippen molar-refractivity contribution in [3.05, 3.63) is 30.3 Å².